The fourth-order valence-electron chi connectivity index (χ4n) is 3.58. The first kappa shape index (κ1) is 25.4. The van der Waals surface area contributed by atoms with Crippen LogP contribution in [0.1, 0.15) is 22.5 Å². The van der Waals surface area contributed by atoms with Crippen molar-refractivity contribution in [2.24, 2.45) is 0 Å². The van der Waals surface area contributed by atoms with Crippen LogP contribution in [0.5, 0.6) is 11.6 Å². The summed E-state index contributed by atoms with van der Waals surface area (Å²) in [5.41, 5.74) is 5.71. The summed E-state index contributed by atoms with van der Waals surface area (Å²) in [5, 5.41) is 6.45. The van der Waals surface area contributed by atoms with Gasteiger partial charge in [0, 0.05) is 31.9 Å². The minimum atomic E-state index is 0.187. The van der Waals surface area contributed by atoms with Crippen molar-refractivity contribution in [2.75, 3.05) is 43.5 Å². The lowest BCUT2D eigenvalue weighted by Crippen LogP contribution is -2.43. The molecule has 0 radical (unpaired) electrons. The second-order valence-electron chi connectivity index (χ2n) is 8.16. The Morgan fingerprint density at radius 2 is 1.56 bits per heavy atom. The van der Waals surface area contributed by atoms with Crippen molar-refractivity contribution in [3.63, 3.8) is 0 Å². The minimum Gasteiger partial charge on any atom is -0.478 e. The molecule has 0 spiro atoms. The van der Waals surface area contributed by atoms with Gasteiger partial charge in [-0.2, -0.15) is 0 Å². The second kappa shape index (κ2) is 12.3. The maximum atomic E-state index is 5.48. The second-order valence-corrected chi connectivity index (χ2v) is 8.53. The highest BCUT2D eigenvalue weighted by Crippen LogP contribution is 2.21. The molecule has 7 nitrogen and oxygen atoms in total. The van der Waals surface area contributed by atoms with Gasteiger partial charge in [-0.05, 0) is 75.3 Å². The smallest absolute Gasteiger partial charge is 0.268 e. The van der Waals surface area contributed by atoms with E-state index in [1.54, 1.807) is 0 Å². The first-order chi connectivity index (χ1) is 16.4. The summed E-state index contributed by atoms with van der Waals surface area (Å²) in [6.07, 6.45) is 0. The lowest BCUT2D eigenvalue weighted by molar-refractivity contribution is 0.396. The van der Waals surface area contributed by atoms with E-state index in [1.165, 1.54) is 23.9 Å². The molecule has 3 aromatic rings. The molecular formula is C26H33N5O2S. The average Bonchev–Trinajstić information content (AvgIpc) is 2.82. The molecule has 0 atom stereocenters. The Morgan fingerprint density at radius 1 is 0.941 bits per heavy atom. The summed E-state index contributed by atoms with van der Waals surface area (Å²) in [6.45, 7) is 12.5. The van der Waals surface area contributed by atoms with E-state index in [0.29, 0.717) is 17.4 Å². The van der Waals surface area contributed by atoms with Crippen LogP contribution in [0.15, 0.2) is 48.5 Å². The summed E-state index contributed by atoms with van der Waals surface area (Å²) < 4.78 is 10.7. The molecule has 2 heterocycles. The molecule has 180 valence electrons. The van der Waals surface area contributed by atoms with Crippen LogP contribution in [0.3, 0.4) is 0 Å². The molecule has 0 saturated carbocycles. The highest BCUT2D eigenvalue weighted by Gasteiger charge is 2.12. The fraction of sp³-hybridized carbons (Fsp3) is 0.346. The summed E-state index contributed by atoms with van der Waals surface area (Å²) in [6, 6.07) is 16.1. The van der Waals surface area contributed by atoms with Gasteiger partial charge in [0.15, 0.2) is 5.82 Å². The van der Waals surface area contributed by atoms with Crippen molar-refractivity contribution in [3.05, 3.63) is 71.0 Å². The van der Waals surface area contributed by atoms with Gasteiger partial charge in [-0.15, -0.1) is 0 Å². The standard InChI is InChI=1S/C14H15N3O2S.C12H18N2/c1-9-10(2)16-13(18-3)12(15-9)17-14(20)19-11-7-5-4-6-8-11;1-10-7-11(2)9-12(8-10)14-5-3-13-4-6-14/h4-8H,1-3H3,(H,15,17,20);7-9,13H,3-6H2,1-2H3. The first-order valence-corrected chi connectivity index (χ1v) is 11.7. The molecule has 1 saturated heterocycles. The van der Waals surface area contributed by atoms with Crippen LogP contribution in [-0.2, 0) is 0 Å². The predicted octanol–water partition coefficient (Wildman–Crippen LogP) is 4.59. The number of para-hydroxylation sites is 1. The molecule has 0 amide bonds. The Labute approximate surface area is 207 Å². The van der Waals surface area contributed by atoms with Crippen LogP contribution < -0.4 is 25.0 Å². The topological polar surface area (TPSA) is 71.5 Å². The zero-order valence-corrected chi connectivity index (χ0v) is 21.3. The van der Waals surface area contributed by atoms with Gasteiger partial charge in [0.2, 0.25) is 0 Å². The number of nitrogens with zero attached hydrogens (tertiary/aromatic N) is 3. The number of benzene rings is 2. The predicted molar refractivity (Wildman–Crippen MR) is 142 cm³/mol. The summed E-state index contributed by atoms with van der Waals surface area (Å²) in [5.74, 6) is 1.48. The Bertz CT molecular complexity index is 1080. The lowest BCUT2D eigenvalue weighted by atomic mass is 10.1. The van der Waals surface area contributed by atoms with E-state index in [1.807, 2.05) is 44.2 Å². The van der Waals surface area contributed by atoms with Crippen LogP contribution in [-0.4, -0.2) is 48.4 Å². The lowest BCUT2D eigenvalue weighted by Gasteiger charge is -2.30. The molecule has 4 rings (SSSR count). The number of hydrogen-bond donors (Lipinski definition) is 2. The third kappa shape index (κ3) is 7.40. The number of methoxy groups -OCH3 is 1. The van der Waals surface area contributed by atoms with E-state index < -0.39 is 0 Å². The SMILES string of the molecule is COc1nc(C)c(C)nc1NC(=S)Oc1ccccc1.Cc1cc(C)cc(N2CCNCC2)c1. The highest BCUT2D eigenvalue weighted by atomic mass is 32.1. The van der Waals surface area contributed by atoms with Crippen LogP contribution in [0.2, 0.25) is 0 Å². The van der Waals surface area contributed by atoms with E-state index in [4.69, 9.17) is 21.7 Å². The number of nitrogens with one attached hydrogen (secondary N) is 2. The largest absolute Gasteiger partial charge is 0.478 e. The van der Waals surface area contributed by atoms with Gasteiger partial charge in [0.1, 0.15) is 5.75 Å². The van der Waals surface area contributed by atoms with Crippen molar-refractivity contribution in [3.8, 4) is 11.6 Å². The number of thiocarbonyl (C=S) groups is 1. The van der Waals surface area contributed by atoms with Crippen molar-refractivity contribution in [2.45, 2.75) is 27.7 Å². The number of ether oxygens (including phenoxy) is 2. The normalized spacial score (nSPS) is 12.9. The third-order valence-corrected chi connectivity index (χ3v) is 5.52. The third-order valence-electron chi connectivity index (χ3n) is 5.33. The van der Waals surface area contributed by atoms with Crippen molar-refractivity contribution in [1.29, 1.82) is 0 Å². The number of aryl methyl sites for hydroxylation is 4. The Hall–Kier alpha value is -3.23. The molecule has 2 aromatic carbocycles. The van der Waals surface area contributed by atoms with Crippen LogP contribution in [0.4, 0.5) is 11.5 Å². The molecular weight excluding hydrogens is 446 g/mol. The molecule has 1 aromatic heterocycles. The summed E-state index contributed by atoms with van der Waals surface area (Å²) >= 11 is 5.15. The van der Waals surface area contributed by atoms with E-state index in [9.17, 15) is 0 Å². The molecule has 2 N–H and O–H groups in total. The molecule has 1 fully saturated rings. The molecule has 0 aliphatic carbocycles. The van der Waals surface area contributed by atoms with Gasteiger partial charge in [0.25, 0.3) is 11.1 Å². The first-order valence-electron chi connectivity index (χ1n) is 11.3. The zero-order chi connectivity index (χ0) is 24.5. The van der Waals surface area contributed by atoms with Gasteiger partial charge < -0.3 is 19.7 Å². The number of anilines is 2. The summed E-state index contributed by atoms with van der Waals surface area (Å²) in [4.78, 5) is 11.1. The quantitative estimate of drug-likeness (QED) is 0.527. The van der Waals surface area contributed by atoms with Crippen LogP contribution >= 0.6 is 12.2 Å². The molecule has 0 unspecified atom stereocenters. The Kier molecular flexibility index (Phi) is 9.18. The Balaban J connectivity index is 0.000000202. The maximum Gasteiger partial charge on any atom is 0.268 e. The Morgan fingerprint density at radius 3 is 2.18 bits per heavy atom. The summed E-state index contributed by atoms with van der Waals surface area (Å²) in [7, 11) is 1.53. The number of rotatable bonds is 4. The molecule has 1 aliphatic rings. The van der Waals surface area contributed by atoms with Gasteiger partial charge >= 0.3 is 0 Å². The van der Waals surface area contributed by atoms with Crippen molar-refractivity contribution in [1.82, 2.24) is 15.3 Å². The molecule has 0 bridgehead atoms. The van der Waals surface area contributed by atoms with Crippen molar-refractivity contribution < 1.29 is 9.47 Å². The fourth-order valence-corrected chi connectivity index (χ4v) is 3.77. The van der Waals surface area contributed by atoms with Crippen molar-refractivity contribution >= 4 is 28.9 Å². The van der Waals surface area contributed by atoms with E-state index >= 15 is 0 Å². The molecule has 1 aliphatic heterocycles. The molecule has 8 heteroatoms. The van der Waals surface area contributed by atoms with E-state index in [-0.39, 0.29) is 5.17 Å². The van der Waals surface area contributed by atoms with Gasteiger partial charge in [0.05, 0.1) is 18.5 Å². The monoisotopic (exact) mass is 479 g/mol. The van der Waals surface area contributed by atoms with Crippen LogP contribution in [0, 0.1) is 27.7 Å². The van der Waals surface area contributed by atoms with Crippen LogP contribution in [0.25, 0.3) is 0 Å². The van der Waals surface area contributed by atoms with E-state index in [2.05, 4.69) is 57.5 Å². The highest BCUT2D eigenvalue weighted by molar-refractivity contribution is 7.80. The molecule has 34 heavy (non-hydrogen) atoms. The van der Waals surface area contributed by atoms with Gasteiger partial charge in [-0.25, -0.2) is 9.97 Å². The van der Waals surface area contributed by atoms with E-state index in [0.717, 1.165) is 37.6 Å². The van der Waals surface area contributed by atoms with Gasteiger partial charge in [-0.3, -0.25) is 5.32 Å². The number of piperazine rings is 1. The zero-order valence-electron chi connectivity index (χ0n) is 20.5. The van der Waals surface area contributed by atoms with Gasteiger partial charge in [-0.1, -0.05) is 24.3 Å². The number of aromatic nitrogens is 2. The maximum absolute atomic E-state index is 5.48. The number of hydrogen-bond acceptors (Lipinski definition) is 7. The average molecular weight is 480 g/mol. The minimum absolute atomic E-state index is 0.187.